The molecule has 0 bridgehead atoms. The lowest BCUT2D eigenvalue weighted by molar-refractivity contribution is 0.0578. The Morgan fingerprint density at radius 1 is 1.22 bits per heavy atom. The first-order valence-electron chi connectivity index (χ1n) is 8.51. The van der Waals surface area contributed by atoms with Gasteiger partial charge in [-0.3, -0.25) is 4.68 Å². The number of rotatable bonds is 5. The summed E-state index contributed by atoms with van der Waals surface area (Å²) in [6.45, 7) is 3.82. The average molecular weight is 366 g/mol. The van der Waals surface area contributed by atoms with Gasteiger partial charge in [-0.1, -0.05) is 12.1 Å². The molecule has 3 aromatic heterocycles. The third kappa shape index (κ3) is 3.80. The van der Waals surface area contributed by atoms with Crippen LogP contribution in [0.5, 0.6) is 0 Å². The number of halogens is 1. The summed E-state index contributed by atoms with van der Waals surface area (Å²) in [4.78, 5) is 4.53. The van der Waals surface area contributed by atoms with Crippen molar-refractivity contribution in [1.29, 1.82) is 0 Å². The quantitative estimate of drug-likeness (QED) is 0.567. The maximum absolute atomic E-state index is 13.6. The number of pyridine rings is 1. The Labute approximate surface area is 155 Å². The molecule has 0 aliphatic heterocycles. The van der Waals surface area contributed by atoms with Gasteiger partial charge in [-0.15, -0.1) is 5.10 Å². The van der Waals surface area contributed by atoms with Crippen molar-refractivity contribution in [1.82, 2.24) is 24.4 Å². The molecule has 0 amide bonds. The van der Waals surface area contributed by atoms with Crippen LogP contribution < -0.4 is 5.32 Å². The molecule has 4 rings (SSSR count). The fourth-order valence-corrected chi connectivity index (χ4v) is 2.88. The number of aliphatic hydroxyl groups is 1. The highest BCUT2D eigenvalue weighted by atomic mass is 19.1. The molecule has 3 heterocycles. The van der Waals surface area contributed by atoms with Crippen LogP contribution >= 0.6 is 0 Å². The van der Waals surface area contributed by atoms with Crippen molar-refractivity contribution in [3.8, 4) is 11.1 Å². The highest BCUT2D eigenvalue weighted by Crippen LogP contribution is 2.25. The predicted molar refractivity (Wildman–Crippen MR) is 100 cm³/mol. The molecule has 138 valence electrons. The van der Waals surface area contributed by atoms with E-state index in [0.29, 0.717) is 23.8 Å². The topological polar surface area (TPSA) is 80.3 Å². The zero-order chi connectivity index (χ0) is 19.0. The van der Waals surface area contributed by atoms with Crippen LogP contribution in [-0.2, 0) is 6.54 Å². The average Bonchev–Trinajstić information content (AvgIpc) is 3.19. The number of nitrogens with zero attached hydrogens (tertiary/aromatic N) is 5. The van der Waals surface area contributed by atoms with Gasteiger partial charge < -0.3 is 10.4 Å². The van der Waals surface area contributed by atoms with Gasteiger partial charge in [-0.2, -0.15) is 10.1 Å². The zero-order valence-electron chi connectivity index (χ0n) is 15.0. The second-order valence-electron chi connectivity index (χ2n) is 7.00. The third-order valence-corrected chi connectivity index (χ3v) is 3.94. The highest BCUT2D eigenvalue weighted by Gasteiger charge is 2.15. The SMILES string of the molecule is CC(C)(O)Cn1cc(Nc2nc3c(-c4cccc(F)c4)cccn3n2)cn1. The first-order valence-corrected chi connectivity index (χ1v) is 8.51. The van der Waals surface area contributed by atoms with Gasteiger partial charge in [0.25, 0.3) is 0 Å². The second kappa shape index (κ2) is 6.48. The van der Waals surface area contributed by atoms with Crippen molar-refractivity contribution in [2.75, 3.05) is 5.32 Å². The van der Waals surface area contributed by atoms with Crippen molar-refractivity contribution in [2.24, 2.45) is 0 Å². The van der Waals surface area contributed by atoms with Crippen molar-refractivity contribution in [3.05, 3.63) is 60.8 Å². The molecular formula is C19H19FN6O. The van der Waals surface area contributed by atoms with Crippen molar-refractivity contribution in [3.63, 3.8) is 0 Å². The van der Waals surface area contributed by atoms with Crippen molar-refractivity contribution in [2.45, 2.75) is 26.0 Å². The van der Waals surface area contributed by atoms with E-state index in [4.69, 9.17) is 0 Å². The van der Waals surface area contributed by atoms with E-state index in [-0.39, 0.29) is 5.82 Å². The Bertz CT molecular complexity index is 1090. The number of benzene rings is 1. The molecule has 4 aromatic rings. The Morgan fingerprint density at radius 3 is 2.85 bits per heavy atom. The van der Waals surface area contributed by atoms with Crippen LogP contribution in [0, 0.1) is 5.82 Å². The zero-order valence-corrected chi connectivity index (χ0v) is 15.0. The normalized spacial score (nSPS) is 11.9. The summed E-state index contributed by atoms with van der Waals surface area (Å²) < 4.78 is 16.9. The summed E-state index contributed by atoms with van der Waals surface area (Å²) in [6.07, 6.45) is 5.20. The van der Waals surface area contributed by atoms with Crippen LogP contribution in [0.2, 0.25) is 0 Å². The number of hydrogen-bond acceptors (Lipinski definition) is 5. The smallest absolute Gasteiger partial charge is 0.247 e. The molecule has 0 fully saturated rings. The minimum absolute atomic E-state index is 0.299. The molecule has 0 aliphatic rings. The Kier molecular flexibility index (Phi) is 4.12. The maximum Gasteiger partial charge on any atom is 0.247 e. The van der Waals surface area contributed by atoms with E-state index in [2.05, 4.69) is 20.5 Å². The summed E-state index contributed by atoms with van der Waals surface area (Å²) in [5.41, 5.74) is 1.99. The molecule has 0 atom stereocenters. The lowest BCUT2D eigenvalue weighted by Gasteiger charge is -2.16. The number of hydrogen-bond donors (Lipinski definition) is 2. The van der Waals surface area contributed by atoms with E-state index in [1.54, 1.807) is 47.7 Å². The van der Waals surface area contributed by atoms with Crippen molar-refractivity contribution >= 4 is 17.3 Å². The Hall–Kier alpha value is -3.26. The van der Waals surface area contributed by atoms with Gasteiger partial charge in [0.05, 0.1) is 24.0 Å². The first kappa shape index (κ1) is 17.2. The molecule has 8 heteroatoms. The summed E-state index contributed by atoms with van der Waals surface area (Å²) in [5.74, 6) is 0.105. The molecule has 0 saturated heterocycles. The number of aromatic nitrogens is 5. The van der Waals surface area contributed by atoms with Gasteiger partial charge in [-0.25, -0.2) is 8.91 Å². The van der Waals surface area contributed by atoms with E-state index in [9.17, 15) is 9.50 Å². The second-order valence-corrected chi connectivity index (χ2v) is 7.00. The minimum atomic E-state index is -0.857. The van der Waals surface area contributed by atoms with Crippen LogP contribution in [0.25, 0.3) is 16.8 Å². The number of fused-ring (bicyclic) bond motifs is 1. The number of nitrogens with one attached hydrogen (secondary N) is 1. The van der Waals surface area contributed by atoms with Crippen molar-refractivity contribution < 1.29 is 9.50 Å². The van der Waals surface area contributed by atoms with Crippen LogP contribution in [0.1, 0.15) is 13.8 Å². The fraction of sp³-hybridized carbons (Fsp3) is 0.211. The predicted octanol–water partition coefficient (Wildman–Crippen LogP) is 3.25. The fourth-order valence-electron chi connectivity index (χ4n) is 2.88. The van der Waals surface area contributed by atoms with E-state index in [1.165, 1.54) is 12.1 Å². The molecule has 0 saturated carbocycles. The van der Waals surface area contributed by atoms with E-state index < -0.39 is 5.60 Å². The molecule has 7 nitrogen and oxygen atoms in total. The van der Waals surface area contributed by atoms with Gasteiger partial charge >= 0.3 is 0 Å². The third-order valence-electron chi connectivity index (χ3n) is 3.94. The van der Waals surface area contributed by atoms with Crippen LogP contribution in [0.3, 0.4) is 0 Å². The van der Waals surface area contributed by atoms with Crippen LogP contribution in [-0.4, -0.2) is 35.1 Å². The molecule has 2 N–H and O–H groups in total. The van der Waals surface area contributed by atoms with Gasteiger partial charge in [0.1, 0.15) is 5.82 Å². The van der Waals surface area contributed by atoms with Gasteiger partial charge in [-0.05, 0) is 43.7 Å². The minimum Gasteiger partial charge on any atom is -0.389 e. The lowest BCUT2D eigenvalue weighted by Crippen LogP contribution is -2.26. The number of anilines is 2. The summed E-state index contributed by atoms with van der Waals surface area (Å²) in [7, 11) is 0. The molecular weight excluding hydrogens is 347 g/mol. The van der Waals surface area contributed by atoms with E-state index >= 15 is 0 Å². The van der Waals surface area contributed by atoms with Gasteiger partial charge in [0.2, 0.25) is 5.95 Å². The van der Waals surface area contributed by atoms with E-state index in [1.807, 2.05) is 18.2 Å². The van der Waals surface area contributed by atoms with Crippen LogP contribution in [0.4, 0.5) is 16.0 Å². The highest BCUT2D eigenvalue weighted by molar-refractivity contribution is 5.78. The molecule has 0 radical (unpaired) electrons. The molecule has 0 aliphatic carbocycles. The maximum atomic E-state index is 13.6. The molecule has 0 unspecified atom stereocenters. The lowest BCUT2D eigenvalue weighted by atomic mass is 10.1. The summed E-state index contributed by atoms with van der Waals surface area (Å²) in [5, 5.41) is 21.6. The molecule has 1 aromatic carbocycles. The molecule has 0 spiro atoms. The van der Waals surface area contributed by atoms with Gasteiger partial charge in [0.15, 0.2) is 5.65 Å². The standard InChI is InChI=1S/C19H19FN6O/c1-19(2,27)12-25-11-15(10-21-25)22-18-23-17-16(7-4-8-26(17)24-18)13-5-3-6-14(20)9-13/h3-11,27H,12H2,1-2H3,(H,22,24). The monoisotopic (exact) mass is 366 g/mol. The summed E-state index contributed by atoms with van der Waals surface area (Å²) in [6, 6.07) is 10.1. The van der Waals surface area contributed by atoms with Crippen LogP contribution in [0.15, 0.2) is 55.0 Å². The first-order chi connectivity index (χ1) is 12.9. The summed E-state index contributed by atoms with van der Waals surface area (Å²) >= 11 is 0. The van der Waals surface area contributed by atoms with Gasteiger partial charge in [0, 0.05) is 18.0 Å². The Balaban J connectivity index is 1.64. The Morgan fingerprint density at radius 2 is 2.07 bits per heavy atom. The van der Waals surface area contributed by atoms with E-state index in [0.717, 1.165) is 11.1 Å². The molecule has 27 heavy (non-hydrogen) atoms. The largest absolute Gasteiger partial charge is 0.389 e.